The molecule has 0 radical (unpaired) electrons. The highest BCUT2D eigenvalue weighted by atomic mass is 32.1. The van der Waals surface area contributed by atoms with E-state index in [1.807, 2.05) is 0 Å². The fourth-order valence-corrected chi connectivity index (χ4v) is 3.35. The summed E-state index contributed by atoms with van der Waals surface area (Å²) in [5, 5.41) is 6.88. The lowest BCUT2D eigenvalue weighted by Gasteiger charge is -2.40. The van der Waals surface area contributed by atoms with Crippen molar-refractivity contribution in [2.45, 2.75) is 45.6 Å². The molecule has 4 heteroatoms. The molecule has 0 atom stereocenters. The number of thiazole rings is 1. The van der Waals surface area contributed by atoms with Crippen LogP contribution in [-0.4, -0.2) is 36.1 Å². The van der Waals surface area contributed by atoms with Gasteiger partial charge in [0.25, 0.3) is 0 Å². The van der Waals surface area contributed by atoms with Gasteiger partial charge in [0, 0.05) is 37.0 Å². The zero-order chi connectivity index (χ0) is 13.4. The molecule has 1 aromatic rings. The second kappa shape index (κ2) is 4.91. The molecule has 2 heterocycles. The summed E-state index contributed by atoms with van der Waals surface area (Å²) in [7, 11) is 0. The van der Waals surface area contributed by atoms with E-state index in [9.17, 15) is 0 Å². The van der Waals surface area contributed by atoms with Gasteiger partial charge in [-0.3, -0.25) is 4.90 Å². The van der Waals surface area contributed by atoms with Gasteiger partial charge >= 0.3 is 0 Å². The molecule has 0 spiro atoms. The lowest BCUT2D eigenvalue weighted by Crippen LogP contribution is -2.52. The Bertz CT molecular complexity index is 397. The van der Waals surface area contributed by atoms with Crippen molar-refractivity contribution in [2.24, 2.45) is 0 Å². The summed E-state index contributed by atoms with van der Waals surface area (Å²) in [5.41, 5.74) is 1.42. The Labute approximate surface area is 115 Å². The highest BCUT2D eigenvalue weighted by Crippen LogP contribution is 2.33. The molecule has 0 aromatic carbocycles. The molecule has 1 saturated heterocycles. The molecule has 0 unspecified atom stereocenters. The van der Waals surface area contributed by atoms with Gasteiger partial charge in [-0.15, -0.1) is 11.3 Å². The number of hydrogen-bond donors (Lipinski definition) is 1. The van der Waals surface area contributed by atoms with Gasteiger partial charge in [0.05, 0.1) is 16.2 Å². The van der Waals surface area contributed by atoms with Crippen molar-refractivity contribution in [3.63, 3.8) is 0 Å². The van der Waals surface area contributed by atoms with Crippen LogP contribution < -0.4 is 5.32 Å². The van der Waals surface area contributed by atoms with E-state index in [1.54, 1.807) is 11.3 Å². The van der Waals surface area contributed by atoms with Crippen LogP contribution >= 0.6 is 11.3 Å². The Morgan fingerprint density at radius 2 is 1.78 bits per heavy atom. The fourth-order valence-electron chi connectivity index (χ4n) is 2.29. The molecule has 1 N–H and O–H groups in total. The van der Waals surface area contributed by atoms with Crippen LogP contribution in [0, 0.1) is 0 Å². The molecule has 1 aliphatic rings. The van der Waals surface area contributed by atoms with E-state index >= 15 is 0 Å². The highest BCUT2D eigenvalue weighted by Gasteiger charge is 2.32. The Morgan fingerprint density at radius 1 is 1.17 bits per heavy atom. The minimum absolute atomic E-state index is 0.0438. The summed E-state index contributed by atoms with van der Waals surface area (Å²) in [6.07, 6.45) is 0. The third-order valence-electron chi connectivity index (χ3n) is 3.68. The second-order valence-electron chi connectivity index (χ2n) is 6.58. The summed E-state index contributed by atoms with van der Waals surface area (Å²) < 4.78 is 0. The van der Waals surface area contributed by atoms with Crippen molar-refractivity contribution in [1.29, 1.82) is 0 Å². The maximum atomic E-state index is 4.88. The zero-order valence-electron chi connectivity index (χ0n) is 12.2. The predicted molar refractivity (Wildman–Crippen MR) is 78.3 cm³/mol. The standard InChI is InChI=1S/C14H25N3S/c1-13(2,3)12-16-11(10-18-12)14(4,5)17-8-6-15-7-9-17/h10,15H,6-9H2,1-5H3. The van der Waals surface area contributed by atoms with Gasteiger partial charge in [0.2, 0.25) is 0 Å². The molecule has 1 aliphatic heterocycles. The average molecular weight is 267 g/mol. The number of nitrogens with one attached hydrogen (secondary N) is 1. The van der Waals surface area contributed by atoms with Gasteiger partial charge < -0.3 is 5.32 Å². The van der Waals surface area contributed by atoms with Gasteiger partial charge in [-0.1, -0.05) is 20.8 Å². The van der Waals surface area contributed by atoms with Crippen molar-refractivity contribution in [1.82, 2.24) is 15.2 Å². The smallest absolute Gasteiger partial charge is 0.0982 e. The van der Waals surface area contributed by atoms with Crippen molar-refractivity contribution in [3.05, 3.63) is 16.1 Å². The quantitative estimate of drug-likeness (QED) is 0.892. The largest absolute Gasteiger partial charge is 0.314 e. The van der Waals surface area contributed by atoms with Crippen molar-refractivity contribution in [2.75, 3.05) is 26.2 Å². The summed E-state index contributed by atoms with van der Waals surface area (Å²) >= 11 is 1.79. The van der Waals surface area contributed by atoms with Gasteiger partial charge in [-0.2, -0.15) is 0 Å². The van der Waals surface area contributed by atoms with Gasteiger partial charge in [0.15, 0.2) is 0 Å². The lowest BCUT2D eigenvalue weighted by molar-refractivity contribution is 0.0991. The molecule has 18 heavy (non-hydrogen) atoms. The molecule has 2 rings (SSSR count). The van der Waals surface area contributed by atoms with Crippen molar-refractivity contribution < 1.29 is 0 Å². The van der Waals surface area contributed by atoms with Gasteiger partial charge in [-0.25, -0.2) is 4.98 Å². The zero-order valence-corrected chi connectivity index (χ0v) is 13.0. The Balaban J connectivity index is 2.21. The maximum absolute atomic E-state index is 4.88. The fraction of sp³-hybridized carbons (Fsp3) is 0.786. The number of aromatic nitrogens is 1. The SMILES string of the molecule is CC(C)(C)c1nc(C(C)(C)N2CCNCC2)cs1. The van der Waals surface area contributed by atoms with E-state index in [0.717, 1.165) is 26.2 Å². The third kappa shape index (κ3) is 2.76. The molecule has 1 fully saturated rings. The van der Waals surface area contributed by atoms with Crippen LogP contribution in [-0.2, 0) is 11.0 Å². The number of rotatable bonds is 2. The molecule has 0 saturated carbocycles. The Hall–Kier alpha value is -0.450. The van der Waals surface area contributed by atoms with Crippen LogP contribution in [0.5, 0.6) is 0 Å². The monoisotopic (exact) mass is 267 g/mol. The molecular formula is C14H25N3S. The first kappa shape index (κ1) is 14.0. The van der Waals surface area contributed by atoms with Crippen LogP contribution in [0.15, 0.2) is 5.38 Å². The first-order valence-corrected chi connectivity index (χ1v) is 7.62. The summed E-state index contributed by atoms with van der Waals surface area (Å²) in [5.74, 6) is 0. The van der Waals surface area contributed by atoms with Crippen LogP contribution in [0.2, 0.25) is 0 Å². The van der Waals surface area contributed by atoms with E-state index in [-0.39, 0.29) is 11.0 Å². The van der Waals surface area contributed by atoms with Crippen molar-refractivity contribution >= 4 is 11.3 Å². The van der Waals surface area contributed by atoms with E-state index < -0.39 is 0 Å². The van der Waals surface area contributed by atoms with E-state index in [4.69, 9.17) is 4.98 Å². The number of hydrogen-bond acceptors (Lipinski definition) is 4. The third-order valence-corrected chi connectivity index (χ3v) is 4.95. The topological polar surface area (TPSA) is 28.2 Å². The normalized spacial score (nSPS) is 19.2. The predicted octanol–water partition coefficient (Wildman–Crippen LogP) is 2.58. The van der Waals surface area contributed by atoms with Crippen LogP contribution in [0.4, 0.5) is 0 Å². The average Bonchev–Trinajstić information content (AvgIpc) is 2.79. The first-order valence-electron chi connectivity index (χ1n) is 6.74. The second-order valence-corrected chi connectivity index (χ2v) is 7.44. The molecule has 1 aromatic heterocycles. The van der Waals surface area contributed by atoms with E-state index in [2.05, 4.69) is 50.2 Å². The molecule has 0 amide bonds. The number of piperazine rings is 1. The number of nitrogens with zero attached hydrogens (tertiary/aromatic N) is 2. The minimum Gasteiger partial charge on any atom is -0.314 e. The Morgan fingerprint density at radius 3 is 2.28 bits per heavy atom. The van der Waals surface area contributed by atoms with Gasteiger partial charge in [0.1, 0.15) is 0 Å². The van der Waals surface area contributed by atoms with Gasteiger partial charge in [-0.05, 0) is 13.8 Å². The van der Waals surface area contributed by atoms with Crippen LogP contribution in [0.1, 0.15) is 45.3 Å². The molecule has 3 nitrogen and oxygen atoms in total. The first-order chi connectivity index (χ1) is 8.32. The molecule has 0 aliphatic carbocycles. The Kier molecular flexibility index (Phi) is 3.81. The summed E-state index contributed by atoms with van der Waals surface area (Å²) in [4.78, 5) is 7.42. The summed E-state index contributed by atoms with van der Waals surface area (Å²) in [6.45, 7) is 15.7. The maximum Gasteiger partial charge on any atom is 0.0982 e. The molecular weight excluding hydrogens is 242 g/mol. The van der Waals surface area contributed by atoms with Crippen LogP contribution in [0.25, 0.3) is 0 Å². The van der Waals surface area contributed by atoms with Crippen molar-refractivity contribution in [3.8, 4) is 0 Å². The molecule has 0 bridgehead atoms. The van der Waals surface area contributed by atoms with E-state index in [1.165, 1.54) is 10.7 Å². The lowest BCUT2D eigenvalue weighted by atomic mass is 9.96. The minimum atomic E-state index is 0.0438. The molecule has 102 valence electrons. The van der Waals surface area contributed by atoms with E-state index in [0.29, 0.717) is 0 Å². The summed E-state index contributed by atoms with van der Waals surface area (Å²) in [6, 6.07) is 0. The highest BCUT2D eigenvalue weighted by molar-refractivity contribution is 7.09. The van der Waals surface area contributed by atoms with Crippen LogP contribution in [0.3, 0.4) is 0 Å².